The molecule has 5 nitrogen and oxygen atoms in total. The fourth-order valence-electron chi connectivity index (χ4n) is 1.92. The monoisotopic (exact) mass is 285 g/mol. The number of nitrogens with one attached hydrogen (secondary N) is 1. The predicted molar refractivity (Wildman–Crippen MR) is 83.2 cm³/mol. The Morgan fingerprint density at radius 2 is 2.19 bits per heavy atom. The molecule has 0 saturated carbocycles. The van der Waals surface area contributed by atoms with Crippen molar-refractivity contribution in [2.75, 3.05) is 17.7 Å². The van der Waals surface area contributed by atoms with Crippen LogP contribution in [0.15, 0.2) is 42.6 Å². The molecule has 3 N–H and O–H groups in total. The van der Waals surface area contributed by atoms with Gasteiger partial charge in [0.1, 0.15) is 0 Å². The van der Waals surface area contributed by atoms with E-state index in [1.54, 1.807) is 18.3 Å². The summed E-state index contributed by atoms with van der Waals surface area (Å²) in [5, 5.41) is 2.81. The summed E-state index contributed by atoms with van der Waals surface area (Å²) in [5.41, 5.74) is 8.13. The van der Waals surface area contributed by atoms with E-state index in [-0.39, 0.29) is 5.91 Å². The molecule has 1 amide bonds. The zero-order chi connectivity index (χ0) is 15.1. The van der Waals surface area contributed by atoms with Crippen molar-refractivity contribution in [1.29, 1.82) is 0 Å². The molecular formula is C16H19N3O2. The molecule has 0 atom stereocenters. The SMILES string of the molecule is CCOc1ccc(NC(=O)CCc2cccc(N)c2)cn1. The molecule has 0 radical (unpaired) electrons. The molecule has 21 heavy (non-hydrogen) atoms. The van der Waals surface area contributed by atoms with Gasteiger partial charge in [-0.05, 0) is 37.1 Å². The number of aromatic nitrogens is 1. The van der Waals surface area contributed by atoms with Crippen LogP contribution >= 0.6 is 0 Å². The summed E-state index contributed by atoms with van der Waals surface area (Å²) >= 11 is 0. The van der Waals surface area contributed by atoms with Crippen LogP contribution in [0.5, 0.6) is 5.88 Å². The van der Waals surface area contributed by atoms with Gasteiger partial charge in [0.15, 0.2) is 0 Å². The first-order chi connectivity index (χ1) is 10.2. The fourth-order valence-corrected chi connectivity index (χ4v) is 1.92. The number of benzene rings is 1. The van der Waals surface area contributed by atoms with E-state index in [0.29, 0.717) is 36.7 Å². The maximum Gasteiger partial charge on any atom is 0.224 e. The van der Waals surface area contributed by atoms with E-state index in [1.165, 1.54) is 0 Å². The van der Waals surface area contributed by atoms with Crippen molar-refractivity contribution < 1.29 is 9.53 Å². The van der Waals surface area contributed by atoms with Crippen LogP contribution in [0.25, 0.3) is 0 Å². The summed E-state index contributed by atoms with van der Waals surface area (Å²) in [6.07, 6.45) is 2.64. The van der Waals surface area contributed by atoms with Gasteiger partial charge in [-0.3, -0.25) is 4.79 Å². The quantitative estimate of drug-likeness (QED) is 0.800. The third-order valence-electron chi connectivity index (χ3n) is 2.90. The first-order valence-corrected chi connectivity index (χ1v) is 6.90. The highest BCUT2D eigenvalue weighted by Gasteiger charge is 2.04. The number of rotatable bonds is 6. The minimum Gasteiger partial charge on any atom is -0.478 e. The van der Waals surface area contributed by atoms with Crippen LogP contribution in [-0.2, 0) is 11.2 Å². The van der Waals surface area contributed by atoms with E-state index in [0.717, 1.165) is 5.56 Å². The third-order valence-corrected chi connectivity index (χ3v) is 2.90. The molecule has 110 valence electrons. The molecule has 2 aromatic rings. The Morgan fingerprint density at radius 3 is 2.86 bits per heavy atom. The van der Waals surface area contributed by atoms with Crippen LogP contribution in [0, 0.1) is 0 Å². The Bertz CT molecular complexity index is 597. The molecule has 0 aliphatic rings. The van der Waals surface area contributed by atoms with Crippen LogP contribution < -0.4 is 15.8 Å². The summed E-state index contributed by atoms with van der Waals surface area (Å²) in [6, 6.07) is 11.1. The van der Waals surface area contributed by atoms with Crippen LogP contribution in [0.2, 0.25) is 0 Å². The number of carbonyl (C=O) groups excluding carboxylic acids is 1. The number of anilines is 2. The second-order valence-corrected chi connectivity index (χ2v) is 4.61. The van der Waals surface area contributed by atoms with Crippen molar-refractivity contribution in [3.8, 4) is 5.88 Å². The molecular weight excluding hydrogens is 266 g/mol. The topological polar surface area (TPSA) is 77.2 Å². The maximum atomic E-state index is 11.9. The zero-order valence-corrected chi connectivity index (χ0v) is 12.0. The van der Waals surface area contributed by atoms with Crippen molar-refractivity contribution in [1.82, 2.24) is 4.98 Å². The average molecular weight is 285 g/mol. The minimum absolute atomic E-state index is 0.0524. The van der Waals surface area contributed by atoms with Gasteiger partial charge in [0.2, 0.25) is 11.8 Å². The van der Waals surface area contributed by atoms with Gasteiger partial charge in [-0.25, -0.2) is 4.98 Å². The number of amides is 1. The van der Waals surface area contributed by atoms with Crippen molar-refractivity contribution in [3.05, 3.63) is 48.2 Å². The number of hydrogen-bond acceptors (Lipinski definition) is 4. The molecule has 0 aliphatic carbocycles. The van der Waals surface area contributed by atoms with Gasteiger partial charge in [-0.2, -0.15) is 0 Å². The van der Waals surface area contributed by atoms with Crippen LogP contribution in [0.4, 0.5) is 11.4 Å². The first-order valence-electron chi connectivity index (χ1n) is 6.90. The molecule has 0 fully saturated rings. The van der Waals surface area contributed by atoms with E-state index in [2.05, 4.69) is 10.3 Å². The molecule has 5 heteroatoms. The molecule has 0 aliphatic heterocycles. The Kier molecular flexibility index (Phi) is 5.15. The third kappa shape index (κ3) is 4.80. The predicted octanol–water partition coefficient (Wildman–Crippen LogP) is 2.63. The number of aryl methyl sites for hydroxylation is 1. The lowest BCUT2D eigenvalue weighted by Crippen LogP contribution is -2.12. The molecule has 1 heterocycles. The normalized spacial score (nSPS) is 10.1. The van der Waals surface area contributed by atoms with Gasteiger partial charge in [0.25, 0.3) is 0 Å². The lowest BCUT2D eigenvalue weighted by atomic mass is 10.1. The lowest BCUT2D eigenvalue weighted by Gasteiger charge is -2.07. The first kappa shape index (κ1) is 14.8. The van der Waals surface area contributed by atoms with Crippen molar-refractivity contribution >= 4 is 17.3 Å². The molecule has 0 saturated heterocycles. The highest BCUT2D eigenvalue weighted by molar-refractivity contribution is 5.90. The molecule has 0 spiro atoms. The van der Waals surface area contributed by atoms with Gasteiger partial charge >= 0.3 is 0 Å². The number of ether oxygens (including phenoxy) is 1. The Hall–Kier alpha value is -2.56. The summed E-state index contributed by atoms with van der Waals surface area (Å²) in [6.45, 7) is 2.46. The second kappa shape index (κ2) is 7.28. The van der Waals surface area contributed by atoms with Crippen molar-refractivity contribution in [3.63, 3.8) is 0 Å². The standard InChI is InChI=1S/C16H19N3O2/c1-2-21-16-9-7-14(11-18-16)19-15(20)8-6-12-4-3-5-13(17)10-12/h3-5,7,9-11H,2,6,8,17H2,1H3,(H,19,20). The van der Waals surface area contributed by atoms with Gasteiger partial charge in [-0.1, -0.05) is 12.1 Å². The van der Waals surface area contributed by atoms with E-state index >= 15 is 0 Å². The molecule has 2 rings (SSSR count). The van der Waals surface area contributed by atoms with Crippen molar-refractivity contribution in [2.24, 2.45) is 0 Å². The number of carbonyl (C=O) groups is 1. The number of hydrogen-bond donors (Lipinski definition) is 2. The smallest absolute Gasteiger partial charge is 0.224 e. The summed E-state index contributed by atoms with van der Waals surface area (Å²) in [5.74, 6) is 0.499. The van der Waals surface area contributed by atoms with Crippen LogP contribution in [0.1, 0.15) is 18.9 Å². The fraction of sp³-hybridized carbons (Fsp3) is 0.250. The molecule has 0 bridgehead atoms. The molecule has 1 aromatic heterocycles. The average Bonchev–Trinajstić information content (AvgIpc) is 2.48. The molecule has 0 unspecified atom stereocenters. The van der Waals surface area contributed by atoms with E-state index in [1.807, 2.05) is 31.2 Å². The van der Waals surface area contributed by atoms with Gasteiger partial charge in [0.05, 0.1) is 18.5 Å². The lowest BCUT2D eigenvalue weighted by molar-refractivity contribution is -0.116. The summed E-state index contributed by atoms with van der Waals surface area (Å²) in [7, 11) is 0. The van der Waals surface area contributed by atoms with Crippen molar-refractivity contribution in [2.45, 2.75) is 19.8 Å². The Morgan fingerprint density at radius 1 is 1.33 bits per heavy atom. The van der Waals surface area contributed by atoms with Gasteiger partial charge < -0.3 is 15.8 Å². The number of nitrogens with two attached hydrogens (primary N) is 1. The van der Waals surface area contributed by atoms with Crippen LogP contribution in [-0.4, -0.2) is 17.5 Å². The highest BCUT2D eigenvalue weighted by Crippen LogP contribution is 2.13. The minimum atomic E-state index is -0.0524. The second-order valence-electron chi connectivity index (χ2n) is 4.61. The van der Waals surface area contributed by atoms with Gasteiger partial charge in [-0.15, -0.1) is 0 Å². The largest absolute Gasteiger partial charge is 0.478 e. The van der Waals surface area contributed by atoms with Crippen LogP contribution in [0.3, 0.4) is 0 Å². The zero-order valence-electron chi connectivity index (χ0n) is 12.0. The van der Waals surface area contributed by atoms with E-state index < -0.39 is 0 Å². The van der Waals surface area contributed by atoms with E-state index in [9.17, 15) is 4.79 Å². The number of pyridine rings is 1. The Balaban J connectivity index is 1.84. The van der Waals surface area contributed by atoms with Gasteiger partial charge in [0, 0.05) is 18.2 Å². The maximum absolute atomic E-state index is 11.9. The van der Waals surface area contributed by atoms with E-state index in [4.69, 9.17) is 10.5 Å². The Labute approximate surface area is 124 Å². The summed E-state index contributed by atoms with van der Waals surface area (Å²) < 4.78 is 5.25. The summed E-state index contributed by atoms with van der Waals surface area (Å²) in [4.78, 5) is 16.0. The number of nitrogens with zero attached hydrogens (tertiary/aromatic N) is 1. The number of nitrogen functional groups attached to an aromatic ring is 1. The highest BCUT2D eigenvalue weighted by atomic mass is 16.5. The molecule has 1 aromatic carbocycles.